The van der Waals surface area contributed by atoms with Gasteiger partial charge in [0, 0.05) is 6.20 Å². The van der Waals surface area contributed by atoms with Crippen molar-refractivity contribution in [1.82, 2.24) is 14.6 Å². The van der Waals surface area contributed by atoms with Gasteiger partial charge in [-0.1, -0.05) is 11.6 Å². The summed E-state index contributed by atoms with van der Waals surface area (Å²) in [6, 6.07) is 3.65. The molecule has 0 atom stereocenters. The first kappa shape index (κ1) is 6.42. The van der Waals surface area contributed by atoms with Crippen molar-refractivity contribution in [2.75, 3.05) is 5.73 Å². The van der Waals surface area contributed by atoms with Gasteiger partial charge in [0.25, 0.3) is 0 Å². The summed E-state index contributed by atoms with van der Waals surface area (Å²) in [5, 5.41) is 4.27. The van der Waals surface area contributed by atoms with Crippen LogP contribution in [0.15, 0.2) is 18.3 Å². The molecule has 2 aromatic heterocycles. The van der Waals surface area contributed by atoms with E-state index in [-0.39, 0.29) is 5.95 Å². The standard InChI is InChI=1S/C6H5ClN4/c7-5-4-2-1-3-11(4)10-6(8)9-5/h1-3H,(H2,8,10). The first-order valence-electron chi connectivity index (χ1n) is 3.04. The third-order valence-corrected chi connectivity index (χ3v) is 1.64. The summed E-state index contributed by atoms with van der Waals surface area (Å²) in [6.45, 7) is 0. The van der Waals surface area contributed by atoms with Crippen LogP contribution in [-0.4, -0.2) is 14.6 Å². The highest BCUT2D eigenvalue weighted by Crippen LogP contribution is 2.14. The maximum atomic E-state index is 5.75. The maximum Gasteiger partial charge on any atom is 0.239 e. The molecule has 4 nitrogen and oxygen atoms in total. The Labute approximate surface area is 67.6 Å². The highest BCUT2D eigenvalue weighted by Gasteiger charge is 2.01. The lowest BCUT2D eigenvalue weighted by atomic mass is 10.5. The van der Waals surface area contributed by atoms with Crippen LogP contribution in [0.3, 0.4) is 0 Å². The van der Waals surface area contributed by atoms with E-state index < -0.39 is 0 Å². The number of nitrogens with two attached hydrogens (primary N) is 1. The fourth-order valence-corrected chi connectivity index (χ4v) is 1.15. The van der Waals surface area contributed by atoms with Crippen molar-refractivity contribution in [3.8, 4) is 0 Å². The van der Waals surface area contributed by atoms with Crippen LogP contribution in [-0.2, 0) is 0 Å². The van der Waals surface area contributed by atoms with E-state index in [1.54, 1.807) is 10.7 Å². The molecule has 0 saturated heterocycles. The number of nitrogen functional groups attached to an aromatic ring is 1. The van der Waals surface area contributed by atoms with Gasteiger partial charge >= 0.3 is 0 Å². The first-order chi connectivity index (χ1) is 5.27. The van der Waals surface area contributed by atoms with Crippen LogP contribution in [0.25, 0.3) is 5.52 Å². The molecule has 2 N–H and O–H groups in total. The van der Waals surface area contributed by atoms with Crippen LogP contribution in [0.2, 0.25) is 5.15 Å². The van der Waals surface area contributed by atoms with Gasteiger partial charge in [0.2, 0.25) is 5.95 Å². The molecular formula is C6H5ClN4. The van der Waals surface area contributed by atoms with Crippen LogP contribution >= 0.6 is 11.6 Å². The van der Waals surface area contributed by atoms with Crippen molar-refractivity contribution in [2.24, 2.45) is 0 Å². The fourth-order valence-electron chi connectivity index (χ4n) is 0.913. The van der Waals surface area contributed by atoms with E-state index >= 15 is 0 Å². The number of anilines is 1. The second-order valence-electron chi connectivity index (χ2n) is 2.10. The number of rotatable bonds is 0. The van der Waals surface area contributed by atoms with Gasteiger partial charge in [-0.05, 0) is 12.1 Å². The summed E-state index contributed by atoms with van der Waals surface area (Å²) in [4.78, 5) is 3.79. The molecule has 0 saturated carbocycles. The van der Waals surface area contributed by atoms with Crippen LogP contribution < -0.4 is 5.73 Å². The van der Waals surface area contributed by atoms with E-state index in [0.29, 0.717) is 5.15 Å². The molecule has 0 aliphatic carbocycles. The van der Waals surface area contributed by atoms with Crippen LogP contribution in [0, 0.1) is 0 Å². The zero-order valence-corrected chi connectivity index (χ0v) is 6.28. The molecule has 11 heavy (non-hydrogen) atoms. The molecule has 0 aromatic carbocycles. The number of halogens is 1. The quantitative estimate of drug-likeness (QED) is 0.638. The molecule has 0 spiro atoms. The lowest BCUT2D eigenvalue weighted by Gasteiger charge is -1.96. The molecule has 0 radical (unpaired) electrons. The van der Waals surface area contributed by atoms with E-state index in [2.05, 4.69) is 10.1 Å². The van der Waals surface area contributed by atoms with Crippen molar-refractivity contribution in [2.45, 2.75) is 0 Å². The lowest BCUT2D eigenvalue weighted by Crippen LogP contribution is -2.00. The van der Waals surface area contributed by atoms with Gasteiger partial charge < -0.3 is 5.73 Å². The third kappa shape index (κ3) is 0.914. The number of hydrogen-bond donors (Lipinski definition) is 1. The molecule has 0 unspecified atom stereocenters. The van der Waals surface area contributed by atoms with Crippen molar-refractivity contribution < 1.29 is 0 Å². The molecule has 2 aromatic rings. The van der Waals surface area contributed by atoms with Crippen molar-refractivity contribution in [3.05, 3.63) is 23.5 Å². The van der Waals surface area contributed by atoms with Gasteiger partial charge in [0.1, 0.15) is 5.52 Å². The van der Waals surface area contributed by atoms with Gasteiger partial charge in [-0.3, -0.25) is 0 Å². The minimum atomic E-state index is 0.179. The van der Waals surface area contributed by atoms with Gasteiger partial charge in [-0.2, -0.15) is 4.98 Å². The molecule has 5 heteroatoms. The minimum Gasteiger partial charge on any atom is -0.366 e. The predicted molar refractivity (Wildman–Crippen MR) is 42.4 cm³/mol. The summed E-state index contributed by atoms with van der Waals surface area (Å²) < 4.78 is 1.59. The Hall–Kier alpha value is -1.29. The van der Waals surface area contributed by atoms with E-state index in [1.807, 2.05) is 12.1 Å². The Morgan fingerprint density at radius 2 is 2.36 bits per heavy atom. The number of nitrogens with zero attached hydrogens (tertiary/aromatic N) is 3. The largest absolute Gasteiger partial charge is 0.366 e. The molecule has 2 rings (SSSR count). The highest BCUT2D eigenvalue weighted by atomic mass is 35.5. The van der Waals surface area contributed by atoms with Crippen LogP contribution in [0.4, 0.5) is 5.95 Å². The van der Waals surface area contributed by atoms with Gasteiger partial charge in [-0.15, -0.1) is 5.10 Å². The molecule has 0 bridgehead atoms. The number of fused-ring (bicyclic) bond motifs is 1. The van der Waals surface area contributed by atoms with Gasteiger partial charge in [0.15, 0.2) is 5.15 Å². The molecule has 0 fully saturated rings. The highest BCUT2D eigenvalue weighted by molar-refractivity contribution is 6.32. The van der Waals surface area contributed by atoms with Crippen molar-refractivity contribution >= 4 is 23.1 Å². The van der Waals surface area contributed by atoms with E-state index in [4.69, 9.17) is 17.3 Å². The predicted octanol–water partition coefficient (Wildman–Crippen LogP) is 0.965. The Morgan fingerprint density at radius 1 is 1.55 bits per heavy atom. The first-order valence-corrected chi connectivity index (χ1v) is 3.41. The average molecular weight is 169 g/mol. The smallest absolute Gasteiger partial charge is 0.239 e. The second-order valence-corrected chi connectivity index (χ2v) is 2.46. The summed E-state index contributed by atoms with van der Waals surface area (Å²) in [5.41, 5.74) is 6.12. The summed E-state index contributed by atoms with van der Waals surface area (Å²) in [7, 11) is 0. The summed E-state index contributed by atoms with van der Waals surface area (Å²) in [6.07, 6.45) is 1.76. The number of aromatic nitrogens is 3. The van der Waals surface area contributed by atoms with E-state index in [1.165, 1.54) is 0 Å². The van der Waals surface area contributed by atoms with E-state index in [0.717, 1.165) is 5.52 Å². The normalized spacial score (nSPS) is 10.6. The number of hydrogen-bond acceptors (Lipinski definition) is 3. The van der Waals surface area contributed by atoms with Crippen LogP contribution in [0.5, 0.6) is 0 Å². The zero-order chi connectivity index (χ0) is 7.84. The molecule has 0 amide bonds. The Balaban J connectivity index is 2.91. The van der Waals surface area contributed by atoms with Gasteiger partial charge in [-0.25, -0.2) is 4.52 Å². The third-order valence-electron chi connectivity index (χ3n) is 1.36. The summed E-state index contributed by atoms with van der Waals surface area (Å²) >= 11 is 5.75. The Bertz CT molecular complexity index is 394. The molecule has 0 aliphatic rings. The topological polar surface area (TPSA) is 56.2 Å². The second kappa shape index (κ2) is 2.10. The zero-order valence-electron chi connectivity index (χ0n) is 5.53. The Morgan fingerprint density at radius 3 is 3.18 bits per heavy atom. The molecule has 2 heterocycles. The maximum absolute atomic E-state index is 5.75. The van der Waals surface area contributed by atoms with Crippen molar-refractivity contribution in [1.29, 1.82) is 0 Å². The molecule has 56 valence electrons. The van der Waals surface area contributed by atoms with E-state index in [9.17, 15) is 0 Å². The van der Waals surface area contributed by atoms with Crippen LogP contribution in [0.1, 0.15) is 0 Å². The van der Waals surface area contributed by atoms with Gasteiger partial charge in [0.05, 0.1) is 0 Å². The molecule has 0 aliphatic heterocycles. The Kier molecular flexibility index (Phi) is 1.22. The lowest BCUT2D eigenvalue weighted by molar-refractivity contribution is 0.918. The van der Waals surface area contributed by atoms with Crippen molar-refractivity contribution in [3.63, 3.8) is 0 Å². The molecular weight excluding hydrogens is 164 g/mol. The average Bonchev–Trinajstić information content (AvgIpc) is 2.34. The summed E-state index contributed by atoms with van der Waals surface area (Å²) in [5.74, 6) is 0.179. The fraction of sp³-hybridized carbons (Fsp3) is 0. The minimum absolute atomic E-state index is 0.179. The SMILES string of the molecule is Nc1nc(Cl)c2cccn2n1. The monoisotopic (exact) mass is 168 g/mol.